The van der Waals surface area contributed by atoms with Crippen LogP contribution in [0.15, 0.2) is 40.7 Å². The molecule has 0 radical (unpaired) electrons. The van der Waals surface area contributed by atoms with Crippen molar-refractivity contribution in [3.8, 4) is 5.75 Å². The van der Waals surface area contributed by atoms with E-state index in [-0.39, 0.29) is 5.75 Å². The Kier molecular flexibility index (Phi) is 2.81. The number of nitrogens with zero attached hydrogens (tertiary/aromatic N) is 3. The molecule has 3 aromatic rings. The highest BCUT2D eigenvalue weighted by Crippen LogP contribution is 2.39. The van der Waals surface area contributed by atoms with Crippen molar-refractivity contribution in [2.24, 2.45) is 10.2 Å². The first-order valence-electron chi connectivity index (χ1n) is 5.28. The fourth-order valence-corrected chi connectivity index (χ4v) is 3.08. The lowest BCUT2D eigenvalue weighted by Crippen LogP contribution is -1.68. The summed E-state index contributed by atoms with van der Waals surface area (Å²) in [6.07, 6.45) is 1.70. The van der Waals surface area contributed by atoms with Crippen molar-refractivity contribution < 1.29 is 5.11 Å². The van der Waals surface area contributed by atoms with Crippen LogP contribution in [0.3, 0.4) is 0 Å². The van der Waals surface area contributed by atoms with Gasteiger partial charge in [-0.3, -0.25) is 0 Å². The molecule has 0 atom stereocenters. The number of rotatable bonds is 2. The first-order valence-corrected chi connectivity index (χ1v) is 6.87. The summed E-state index contributed by atoms with van der Waals surface area (Å²) in [6.45, 7) is 2.01. The number of azo groups is 1. The van der Waals surface area contributed by atoms with E-state index in [0.717, 1.165) is 25.7 Å². The van der Waals surface area contributed by atoms with E-state index in [1.54, 1.807) is 29.7 Å². The molecule has 90 valence electrons. The van der Waals surface area contributed by atoms with Gasteiger partial charge >= 0.3 is 0 Å². The Bertz CT molecular complexity index is 716. The first kappa shape index (κ1) is 11.3. The van der Waals surface area contributed by atoms with Crippen molar-refractivity contribution in [2.75, 3.05) is 0 Å². The van der Waals surface area contributed by atoms with Crippen molar-refractivity contribution in [3.63, 3.8) is 0 Å². The van der Waals surface area contributed by atoms with E-state index in [1.807, 2.05) is 19.1 Å². The van der Waals surface area contributed by atoms with Gasteiger partial charge in [0.25, 0.3) is 0 Å². The second kappa shape index (κ2) is 4.47. The van der Waals surface area contributed by atoms with Crippen LogP contribution in [-0.4, -0.2) is 9.48 Å². The highest BCUT2D eigenvalue weighted by molar-refractivity contribution is 7.19. The number of thiophene rings is 1. The Hall–Kier alpha value is -1.79. The number of aromatic hydroxyl groups is 1. The zero-order chi connectivity index (χ0) is 12.5. The van der Waals surface area contributed by atoms with E-state index >= 15 is 0 Å². The summed E-state index contributed by atoms with van der Waals surface area (Å²) in [5.74, 6) is 0.283. The predicted molar refractivity (Wildman–Crippen MR) is 74.5 cm³/mol. The minimum absolute atomic E-state index is 0.283. The Labute approximate surface area is 111 Å². The molecule has 0 aliphatic heterocycles. The van der Waals surface area contributed by atoms with E-state index in [0.29, 0.717) is 0 Å². The molecule has 0 amide bonds. The summed E-state index contributed by atoms with van der Waals surface area (Å²) in [5.41, 5.74) is 0.773. The van der Waals surface area contributed by atoms with Crippen LogP contribution in [0.5, 0.6) is 5.75 Å². The molecule has 1 aromatic carbocycles. The standard InChI is InChI=1S/C12H9N3OS2/c1-7-6-8-10(16)3-2-9(12(8)17-7)14-15-11-4-5-13-18-11/h2-6,16H,1H3. The third-order valence-electron chi connectivity index (χ3n) is 2.44. The number of hydrogen-bond donors (Lipinski definition) is 1. The Morgan fingerprint density at radius 1 is 1.22 bits per heavy atom. The van der Waals surface area contributed by atoms with Gasteiger partial charge in [-0.25, -0.2) is 0 Å². The number of hydrogen-bond acceptors (Lipinski definition) is 6. The van der Waals surface area contributed by atoms with Gasteiger partial charge in [-0.15, -0.1) is 21.6 Å². The van der Waals surface area contributed by atoms with Crippen LogP contribution in [0.1, 0.15) is 4.88 Å². The number of aromatic nitrogens is 1. The molecule has 4 nitrogen and oxygen atoms in total. The fraction of sp³-hybridized carbons (Fsp3) is 0.0833. The molecule has 3 rings (SSSR count). The average Bonchev–Trinajstić information content (AvgIpc) is 2.97. The second-order valence-electron chi connectivity index (χ2n) is 3.75. The second-order valence-corrected chi connectivity index (χ2v) is 5.82. The van der Waals surface area contributed by atoms with E-state index in [9.17, 15) is 5.11 Å². The van der Waals surface area contributed by atoms with E-state index in [1.165, 1.54) is 11.5 Å². The van der Waals surface area contributed by atoms with Gasteiger partial charge < -0.3 is 5.11 Å². The zero-order valence-corrected chi connectivity index (χ0v) is 11.1. The molecule has 0 spiro atoms. The van der Waals surface area contributed by atoms with Crippen molar-refractivity contribution in [1.29, 1.82) is 0 Å². The highest BCUT2D eigenvalue weighted by Gasteiger charge is 2.08. The van der Waals surface area contributed by atoms with Gasteiger partial charge in [-0.05, 0) is 42.7 Å². The minimum atomic E-state index is 0.283. The van der Waals surface area contributed by atoms with Crippen molar-refractivity contribution >= 4 is 43.6 Å². The quantitative estimate of drug-likeness (QED) is 0.684. The molecule has 18 heavy (non-hydrogen) atoms. The summed E-state index contributed by atoms with van der Waals surface area (Å²) in [7, 11) is 0. The van der Waals surface area contributed by atoms with Crippen molar-refractivity contribution in [1.82, 2.24) is 4.37 Å². The smallest absolute Gasteiger partial charge is 0.158 e. The maximum Gasteiger partial charge on any atom is 0.158 e. The lowest BCUT2D eigenvalue weighted by molar-refractivity contribution is 0.482. The van der Waals surface area contributed by atoms with Crippen molar-refractivity contribution in [3.05, 3.63) is 35.3 Å². The van der Waals surface area contributed by atoms with Gasteiger partial charge in [-0.2, -0.15) is 4.37 Å². The van der Waals surface area contributed by atoms with Gasteiger partial charge in [0.1, 0.15) is 11.4 Å². The Morgan fingerprint density at radius 2 is 2.11 bits per heavy atom. The molecule has 0 saturated carbocycles. The normalized spacial score (nSPS) is 11.6. The van der Waals surface area contributed by atoms with E-state index in [2.05, 4.69) is 14.6 Å². The van der Waals surface area contributed by atoms with Gasteiger partial charge in [-0.1, -0.05) is 0 Å². The predicted octanol–water partition coefficient (Wildman–Crippen LogP) is 4.79. The summed E-state index contributed by atoms with van der Waals surface area (Å²) < 4.78 is 4.92. The highest BCUT2D eigenvalue weighted by atomic mass is 32.1. The van der Waals surface area contributed by atoms with Gasteiger partial charge in [0.2, 0.25) is 0 Å². The molecule has 2 aromatic heterocycles. The maximum atomic E-state index is 9.79. The molecule has 0 bridgehead atoms. The third kappa shape index (κ3) is 2.00. The lowest BCUT2D eigenvalue weighted by Gasteiger charge is -1.97. The van der Waals surface area contributed by atoms with Crippen LogP contribution >= 0.6 is 22.9 Å². The average molecular weight is 275 g/mol. The van der Waals surface area contributed by atoms with E-state index in [4.69, 9.17) is 0 Å². The molecule has 6 heteroatoms. The number of aryl methyl sites for hydroxylation is 1. The van der Waals surface area contributed by atoms with Crippen molar-refractivity contribution in [2.45, 2.75) is 6.92 Å². The van der Waals surface area contributed by atoms with Crippen LogP contribution in [0.25, 0.3) is 10.1 Å². The maximum absolute atomic E-state index is 9.79. The Morgan fingerprint density at radius 3 is 2.89 bits per heavy atom. The van der Waals surface area contributed by atoms with Gasteiger partial charge in [0.05, 0.1) is 4.70 Å². The molecule has 0 fully saturated rings. The van der Waals surface area contributed by atoms with Gasteiger partial charge in [0, 0.05) is 16.5 Å². The van der Waals surface area contributed by atoms with Crippen LogP contribution in [0, 0.1) is 6.92 Å². The van der Waals surface area contributed by atoms with Crippen LogP contribution in [-0.2, 0) is 0 Å². The number of fused-ring (bicyclic) bond motifs is 1. The molecule has 0 aliphatic rings. The zero-order valence-electron chi connectivity index (χ0n) is 9.49. The first-order chi connectivity index (χ1) is 8.74. The fourth-order valence-electron chi connectivity index (χ4n) is 1.66. The largest absolute Gasteiger partial charge is 0.507 e. The molecular weight excluding hydrogens is 266 g/mol. The van der Waals surface area contributed by atoms with Crippen LogP contribution in [0.2, 0.25) is 0 Å². The Balaban J connectivity index is 2.09. The van der Waals surface area contributed by atoms with E-state index < -0.39 is 0 Å². The lowest BCUT2D eigenvalue weighted by atomic mass is 10.2. The van der Waals surface area contributed by atoms with Crippen LogP contribution in [0.4, 0.5) is 10.7 Å². The molecule has 0 unspecified atom stereocenters. The molecule has 1 N–H and O–H groups in total. The van der Waals surface area contributed by atoms with Gasteiger partial charge in [0.15, 0.2) is 5.00 Å². The number of phenols is 1. The minimum Gasteiger partial charge on any atom is -0.507 e. The summed E-state index contributed by atoms with van der Waals surface area (Å²) in [5, 5.41) is 19.7. The SMILES string of the molecule is Cc1cc2c(O)ccc(N=Nc3ccns3)c2s1. The third-order valence-corrected chi connectivity index (χ3v) is 4.15. The summed E-state index contributed by atoms with van der Waals surface area (Å²) in [4.78, 5) is 1.14. The molecule has 0 aliphatic carbocycles. The number of phenolic OH excluding ortho intramolecular Hbond substituents is 1. The number of benzene rings is 1. The van der Waals surface area contributed by atoms with Crippen LogP contribution < -0.4 is 0 Å². The topological polar surface area (TPSA) is 57.8 Å². The monoisotopic (exact) mass is 275 g/mol. The summed E-state index contributed by atoms with van der Waals surface area (Å²) >= 11 is 2.90. The molecule has 0 saturated heterocycles. The molecular formula is C12H9N3OS2. The molecule has 2 heterocycles. The summed E-state index contributed by atoms with van der Waals surface area (Å²) in [6, 6.07) is 7.19.